The Hall–Kier alpha value is -17.1. The minimum absolute atomic E-state index is 0.655. The molecule has 0 saturated carbocycles. The van der Waals surface area contributed by atoms with E-state index in [1.807, 2.05) is 72.8 Å². The van der Waals surface area contributed by atoms with Crippen molar-refractivity contribution < 1.29 is 0 Å². The second kappa shape index (κ2) is 36.4. The lowest BCUT2D eigenvalue weighted by Gasteiger charge is -2.32. The van der Waals surface area contributed by atoms with E-state index in [1.165, 1.54) is 108 Å². The van der Waals surface area contributed by atoms with Gasteiger partial charge < -0.3 is 0 Å². The molecule has 0 spiro atoms. The molecule has 6 heterocycles. The van der Waals surface area contributed by atoms with Gasteiger partial charge in [0.1, 0.15) is 8.07 Å². The zero-order chi connectivity index (χ0) is 91.6. The molecule has 0 bridgehead atoms. The molecule has 9 nitrogen and oxygen atoms in total. The summed E-state index contributed by atoms with van der Waals surface area (Å²) >= 11 is 0. The number of aromatic nitrogens is 9. The number of benzene rings is 19. The third-order valence-corrected chi connectivity index (χ3v) is 40.4. The van der Waals surface area contributed by atoms with Crippen LogP contribution in [0, 0.1) is 0 Å². The van der Waals surface area contributed by atoms with Gasteiger partial charge in [-0.1, -0.05) is 517 Å². The Morgan fingerprint density at radius 3 is 0.752 bits per heavy atom. The van der Waals surface area contributed by atoms with Crippen molar-refractivity contribution >= 4 is 76.1 Å². The molecule has 646 valence electrons. The minimum Gasteiger partial charge on any atom is -0.208 e. The quantitative estimate of drug-likeness (QED) is 0.0872. The van der Waals surface area contributed by atoms with Gasteiger partial charge in [-0.3, -0.25) is 0 Å². The van der Waals surface area contributed by atoms with Crippen molar-refractivity contribution in [3.8, 4) is 169 Å². The Labute approximate surface area is 800 Å². The molecule has 0 fully saturated rings. The van der Waals surface area contributed by atoms with Crippen molar-refractivity contribution in [2.45, 2.75) is 13.1 Å². The Bertz CT molecular complexity index is 8080. The number of hydrogen-bond acceptors (Lipinski definition) is 9. The Morgan fingerprint density at radius 2 is 0.365 bits per heavy atom. The highest BCUT2D eigenvalue weighted by molar-refractivity contribution is 7.23. The highest BCUT2D eigenvalue weighted by Gasteiger charge is 2.52. The van der Waals surface area contributed by atoms with Crippen molar-refractivity contribution in [2.75, 3.05) is 0 Å². The van der Waals surface area contributed by atoms with Crippen molar-refractivity contribution in [2.24, 2.45) is 0 Å². The van der Waals surface area contributed by atoms with Crippen LogP contribution in [0.2, 0.25) is 13.1 Å². The number of hydrogen-bond donors (Lipinski definition) is 0. The van der Waals surface area contributed by atoms with Crippen molar-refractivity contribution in [3.05, 3.63) is 504 Å². The molecule has 0 radical (unpaired) electrons. The second-order valence-electron chi connectivity index (χ2n) is 35.3. The maximum atomic E-state index is 5.30. The van der Waals surface area contributed by atoms with E-state index in [1.54, 1.807) is 0 Å². The highest BCUT2D eigenvalue weighted by atomic mass is 28.3. The first kappa shape index (κ1) is 84.1. The van der Waals surface area contributed by atoms with E-state index >= 15 is 0 Å². The van der Waals surface area contributed by atoms with Crippen LogP contribution in [0.5, 0.6) is 0 Å². The van der Waals surface area contributed by atoms with Crippen LogP contribution in [-0.4, -0.2) is 69.1 Å². The summed E-state index contributed by atoms with van der Waals surface area (Å²) in [6.45, 7) is 4.87. The van der Waals surface area contributed by atoms with Gasteiger partial charge in [0.25, 0.3) is 0 Å². The molecule has 0 aliphatic carbocycles. The Kier molecular flexibility index (Phi) is 22.4. The summed E-state index contributed by atoms with van der Waals surface area (Å²) < 4.78 is 0. The summed E-state index contributed by atoms with van der Waals surface area (Å²) in [5.74, 6) is 6.05. The monoisotopic (exact) mass is 1800 g/mol. The number of fused-ring (bicyclic) bond motifs is 9. The number of rotatable bonds is 16. The SMILES string of the molecule is C[Si]1(C)c2ccccc2-c2c(-c3nc(-c4ccccc4)nc(-c4ccc(-c5ccccc5)cc4)n3)cccc21.c1ccc(-c2ccc(-c3nc(-c4ccccc4)nc(-c4ccc5c(c4)[Si](c4ccccc4)(c4ccccc4)c4ccccc4-5)n3)cc2)cc1.c1ccc(-c2ccc(-c3nc(-c4ccccc4)nc(-c4cccc5c4[Si](c4ccccc4)(c4ccccc4)c4ccccc4-5)n3)cc2)cc1. The molecule has 0 atom stereocenters. The molecule has 0 saturated heterocycles. The third-order valence-electron chi connectivity index (χ3n) is 27.0. The summed E-state index contributed by atoms with van der Waals surface area (Å²) in [6, 6.07) is 179. The molecule has 19 aromatic carbocycles. The maximum absolute atomic E-state index is 5.30. The smallest absolute Gasteiger partial charge is 0.181 e. The summed E-state index contributed by atoms with van der Waals surface area (Å²) in [4.78, 5) is 46.0. The van der Waals surface area contributed by atoms with E-state index in [4.69, 9.17) is 44.9 Å². The van der Waals surface area contributed by atoms with Gasteiger partial charge in [0.05, 0.1) is 0 Å². The average molecular weight is 1800 g/mol. The summed E-state index contributed by atoms with van der Waals surface area (Å²) in [6.07, 6.45) is 0. The van der Waals surface area contributed by atoms with Crippen LogP contribution in [0.15, 0.2) is 504 Å². The molecule has 0 unspecified atom stereocenters. The van der Waals surface area contributed by atoms with Gasteiger partial charge in [0.2, 0.25) is 0 Å². The summed E-state index contributed by atoms with van der Waals surface area (Å²) in [7, 11) is -7.26. The molecule has 0 N–H and O–H groups in total. The standard InChI is InChI=1S/2C45H31N3Si.C35H27N3Si/c1-5-16-32(17-6-1)33-28-30-35(31-29-33)44-46-43(34-18-7-2-8-19-34)47-45(48-44)40-26-15-25-39-38-24-13-14-27-41(38)49(42(39)40,36-20-9-3-10-21-36)37-22-11-4-12-23-37;1-5-15-32(16-6-1)33-25-27-35(28-26-33)44-46-43(34-17-7-2-8-18-34)47-45(48-44)36-29-30-40-39-23-13-14-24-41(39)49(42(40)31-36,37-19-9-3-10-20-37)38-21-11-4-12-22-38;1-39(2)30-18-10-9-16-28(30)32-29(17-11-19-31(32)39)35-37-33(26-14-7-4-8-15-26)36-34(38-35)27-22-20-25(21-23-27)24-12-5-3-6-13-24/h2*1-31H;3-23H,1-2H3. The Morgan fingerprint density at radius 1 is 0.139 bits per heavy atom. The first-order valence-corrected chi connectivity index (χ1v) is 53.6. The predicted octanol–water partition coefficient (Wildman–Crippen LogP) is 23.1. The normalized spacial score (nSPS) is 12.8. The van der Waals surface area contributed by atoms with Gasteiger partial charge in [-0.15, -0.1) is 0 Å². The lowest BCUT2D eigenvalue weighted by atomic mass is 9.99. The zero-order valence-electron chi connectivity index (χ0n) is 75.4. The van der Waals surface area contributed by atoms with Gasteiger partial charge in [-0.2, -0.15) is 0 Å². The molecule has 0 amide bonds. The number of nitrogens with zero attached hydrogens (tertiary/aromatic N) is 9. The molecule has 3 aliphatic rings. The average Bonchev–Trinajstić information content (AvgIpc) is 1.52. The van der Waals surface area contributed by atoms with Gasteiger partial charge in [-0.25, -0.2) is 44.9 Å². The van der Waals surface area contributed by atoms with Crippen molar-refractivity contribution in [1.82, 2.24) is 44.9 Å². The van der Waals surface area contributed by atoms with Gasteiger partial charge in [0.15, 0.2) is 68.6 Å². The van der Waals surface area contributed by atoms with Crippen LogP contribution in [0.3, 0.4) is 0 Å². The zero-order valence-corrected chi connectivity index (χ0v) is 78.4. The molecule has 3 aromatic heterocycles. The fourth-order valence-electron chi connectivity index (χ4n) is 20.6. The van der Waals surface area contributed by atoms with Crippen LogP contribution in [-0.2, 0) is 0 Å². The molecule has 12 heteroatoms. The van der Waals surface area contributed by atoms with E-state index in [0.717, 1.165) is 61.2 Å². The van der Waals surface area contributed by atoms with E-state index in [2.05, 4.69) is 444 Å². The maximum Gasteiger partial charge on any atom is 0.181 e. The van der Waals surface area contributed by atoms with Crippen molar-refractivity contribution in [1.29, 1.82) is 0 Å². The third kappa shape index (κ3) is 15.6. The van der Waals surface area contributed by atoms with Crippen LogP contribution in [0.4, 0.5) is 0 Å². The molecule has 137 heavy (non-hydrogen) atoms. The molecule has 25 rings (SSSR count). The van der Waals surface area contributed by atoms with E-state index in [0.29, 0.717) is 52.4 Å². The molecular formula is C125H89N9Si3. The summed E-state index contributed by atoms with van der Waals surface area (Å²) in [5.41, 5.74) is 23.6. The topological polar surface area (TPSA) is 116 Å². The first-order chi connectivity index (χ1) is 67.7. The largest absolute Gasteiger partial charge is 0.208 e. The van der Waals surface area contributed by atoms with E-state index in [9.17, 15) is 0 Å². The first-order valence-electron chi connectivity index (χ1n) is 46.6. The van der Waals surface area contributed by atoms with Gasteiger partial charge >= 0.3 is 0 Å². The molecule has 3 aliphatic heterocycles. The second-order valence-corrected chi connectivity index (χ2v) is 47.0. The fourth-order valence-corrected chi connectivity index (χ4v) is 34.3. The fraction of sp³-hybridized carbons (Fsp3) is 0.0160. The molecular weight excluding hydrogens is 1710 g/mol. The van der Waals surface area contributed by atoms with Crippen LogP contribution in [0.1, 0.15) is 0 Å². The highest BCUT2D eigenvalue weighted by Crippen LogP contribution is 2.41. The lowest BCUT2D eigenvalue weighted by Crippen LogP contribution is -2.73. The summed E-state index contributed by atoms with van der Waals surface area (Å²) in [5, 5.41) is 13.8. The van der Waals surface area contributed by atoms with Gasteiger partial charge in [0, 0.05) is 50.1 Å². The van der Waals surface area contributed by atoms with Crippen LogP contribution < -0.4 is 51.9 Å². The predicted molar refractivity (Wildman–Crippen MR) is 572 cm³/mol. The van der Waals surface area contributed by atoms with Crippen LogP contribution in [0.25, 0.3) is 169 Å². The Balaban J connectivity index is 0.000000116. The van der Waals surface area contributed by atoms with Crippen molar-refractivity contribution in [3.63, 3.8) is 0 Å². The van der Waals surface area contributed by atoms with Crippen LogP contribution >= 0.6 is 0 Å². The van der Waals surface area contributed by atoms with E-state index < -0.39 is 24.2 Å². The minimum atomic E-state index is -2.79. The van der Waals surface area contributed by atoms with Gasteiger partial charge in [-0.05, 0) is 119 Å². The molecule has 22 aromatic rings. The van der Waals surface area contributed by atoms with E-state index in [-0.39, 0.29) is 0 Å². The lowest BCUT2D eigenvalue weighted by molar-refractivity contribution is 1.07.